The van der Waals surface area contributed by atoms with E-state index >= 15 is 0 Å². The second-order valence-electron chi connectivity index (χ2n) is 6.98. The molecule has 3 saturated heterocycles. The Bertz CT molecular complexity index is 574. The Morgan fingerprint density at radius 3 is 2.52 bits per heavy atom. The van der Waals surface area contributed by atoms with Gasteiger partial charge in [-0.15, -0.1) is 0 Å². The van der Waals surface area contributed by atoms with Crippen molar-refractivity contribution in [3.63, 3.8) is 0 Å². The van der Waals surface area contributed by atoms with E-state index in [2.05, 4.69) is 4.90 Å². The van der Waals surface area contributed by atoms with Crippen LogP contribution in [0.25, 0.3) is 0 Å². The number of hydrogen-bond donors (Lipinski definition) is 1. The lowest BCUT2D eigenvalue weighted by Crippen LogP contribution is -2.49. The summed E-state index contributed by atoms with van der Waals surface area (Å²) in [4.78, 5) is 2.43. The fourth-order valence-corrected chi connectivity index (χ4v) is 4.17. The van der Waals surface area contributed by atoms with E-state index in [1.54, 1.807) is 0 Å². The average Bonchev–Trinajstić information content (AvgIpc) is 3.11. The average molecular weight is 324 g/mol. The fourth-order valence-electron chi connectivity index (χ4n) is 4.17. The second kappa shape index (κ2) is 6.09. The van der Waals surface area contributed by atoms with Crippen LogP contribution < -0.4 is 5.73 Å². The molecule has 0 amide bonds. The van der Waals surface area contributed by atoms with Gasteiger partial charge >= 0.3 is 0 Å². The Morgan fingerprint density at radius 1 is 1.09 bits per heavy atom. The third-order valence-electron chi connectivity index (χ3n) is 5.45. The van der Waals surface area contributed by atoms with E-state index in [1.807, 2.05) is 0 Å². The van der Waals surface area contributed by atoms with Gasteiger partial charge in [0.15, 0.2) is 0 Å². The predicted octanol–water partition coefficient (Wildman–Crippen LogP) is 1.70. The molecule has 3 aliphatic heterocycles. The van der Waals surface area contributed by atoms with E-state index in [0.29, 0.717) is 18.4 Å². The summed E-state index contributed by atoms with van der Waals surface area (Å²) in [6, 6.07) is 3.36. The number of ether oxygens (including phenoxy) is 2. The first-order valence-corrected chi connectivity index (χ1v) is 8.25. The highest BCUT2D eigenvalue weighted by molar-refractivity contribution is 5.23. The van der Waals surface area contributed by atoms with E-state index in [-0.39, 0.29) is 17.6 Å². The molecule has 3 unspecified atom stereocenters. The van der Waals surface area contributed by atoms with Crippen LogP contribution in [-0.2, 0) is 9.47 Å². The van der Waals surface area contributed by atoms with Crippen LogP contribution in [0.5, 0.6) is 0 Å². The van der Waals surface area contributed by atoms with Crippen molar-refractivity contribution in [2.24, 2.45) is 17.6 Å². The Labute approximate surface area is 134 Å². The van der Waals surface area contributed by atoms with Crippen molar-refractivity contribution in [3.8, 4) is 0 Å². The van der Waals surface area contributed by atoms with Crippen LogP contribution in [0.3, 0.4) is 0 Å². The predicted molar refractivity (Wildman–Crippen MR) is 80.8 cm³/mol. The number of hydrogen-bond acceptors (Lipinski definition) is 4. The molecule has 0 aromatic heterocycles. The highest BCUT2D eigenvalue weighted by Gasteiger charge is 2.42. The third kappa shape index (κ3) is 2.89. The van der Waals surface area contributed by atoms with Gasteiger partial charge < -0.3 is 15.2 Å². The normalized spacial score (nSPS) is 38.0. The summed E-state index contributed by atoms with van der Waals surface area (Å²) < 4.78 is 38.7. The van der Waals surface area contributed by atoms with Crippen molar-refractivity contribution in [1.82, 2.24) is 4.90 Å². The van der Waals surface area contributed by atoms with Gasteiger partial charge in [0.1, 0.15) is 17.7 Å². The number of fused-ring (bicyclic) bond motifs is 1. The van der Waals surface area contributed by atoms with Crippen LogP contribution in [-0.4, -0.2) is 49.9 Å². The summed E-state index contributed by atoms with van der Waals surface area (Å²) in [5.41, 5.74) is 6.46. The first-order valence-electron chi connectivity index (χ1n) is 8.25. The lowest BCUT2D eigenvalue weighted by molar-refractivity contribution is -0.0498. The van der Waals surface area contributed by atoms with Crippen LogP contribution in [0, 0.1) is 23.5 Å². The summed E-state index contributed by atoms with van der Waals surface area (Å²) in [6.45, 7) is 4.24. The standard InChI is InChI=1S/C17H22F2N2O2/c18-12-1-2-15(19)14(3-12)17-16(20)4-13(9-23-17)21-5-10-7-22-8-11(10)6-21/h1-3,10-11,13,16-17H,4-9,20H2/t10?,11?,13-,16?,17-/m1/s1. The maximum atomic E-state index is 14.0. The quantitative estimate of drug-likeness (QED) is 0.899. The molecule has 3 heterocycles. The molecule has 126 valence electrons. The molecule has 0 radical (unpaired) electrons. The number of halogens is 2. The highest BCUT2D eigenvalue weighted by Crippen LogP contribution is 2.35. The topological polar surface area (TPSA) is 47.7 Å². The van der Waals surface area contributed by atoms with Crippen molar-refractivity contribution in [1.29, 1.82) is 0 Å². The minimum atomic E-state index is -0.576. The molecule has 3 fully saturated rings. The molecule has 23 heavy (non-hydrogen) atoms. The van der Waals surface area contributed by atoms with Gasteiger partial charge in [0.2, 0.25) is 0 Å². The van der Waals surface area contributed by atoms with E-state index in [4.69, 9.17) is 15.2 Å². The van der Waals surface area contributed by atoms with E-state index < -0.39 is 17.7 Å². The van der Waals surface area contributed by atoms with Gasteiger partial charge in [-0.25, -0.2) is 8.78 Å². The van der Waals surface area contributed by atoms with Crippen LogP contribution >= 0.6 is 0 Å². The number of benzene rings is 1. The molecule has 4 rings (SSSR count). The molecule has 4 nitrogen and oxygen atoms in total. The largest absolute Gasteiger partial charge is 0.381 e. The molecule has 1 aromatic carbocycles. The van der Waals surface area contributed by atoms with Gasteiger partial charge in [-0.05, 0) is 24.6 Å². The lowest BCUT2D eigenvalue weighted by Gasteiger charge is -2.39. The number of nitrogens with two attached hydrogens (primary N) is 1. The lowest BCUT2D eigenvalue weighted by atomic mass is 9.93. The van der Waals surface area contributed by atoms with Gasteiger partial charge in [0.05, 0.1) is 19.8 Å². The highest BCUT2D eigenvalue weighted by atomic mass is 19.1. The molecular weight excluding hydrogens is 302 g/mol. The van der Waals surface area contributed by atoms with Gasteiger partial charge in [-0.3, -0.25) is 4.90 Å². The second-order valence-corrected chi connectivity index (χ2v) is 6.98. The van der Waals surface area contributed by atoms with Crippen LogP contribution in [0.15, 0.2) is 18.2 Å². The molecular formula is C17H22F2N2O2. The van der Waals surface area contributed by atoms with Crippen molar-refractivity contribution in [2.45, 2.75) is 24.6 Å². The van der Waals surface area contributed by atoms with Crippen molar-refractivity contribution in [2.75, 3.05) is 32.9 Å². The number of likely N-dealkylation sites (tertiary alicyclic amines) is 1. The SMILES string of the molecule is NC1C[C@@H](N2CC3COCC3C2)CO[C@@H]1c1cc(F)ccc1F. The maximum absolute atomic E-state index is 14.0. The summed E-state index contributed by atoms with van der Waals surface area (Å²) in [7, 11) is 0. The molecule has 2 N–H and O–H groups in total. The first-order chi connectivity index (χ1) is 11.1. The Hall–Kier alpha value is -1.08. The Balaban J connectivity index is 1.43. The summed E-state index contributed by atoms with van der Waals surface area (Å²) in [5, 5.41) is 0. The van der Waals surface area contributed by atoms with Crippen molar-refractivity contribution >= 4 is 0 Å². The zero-order valence-electron chi connectivity index (χ0n) is 13.0. The molecule has 3 aliphatic rings. The Kier molecular flexibility index (Phi) is 4.09. The van der Waals surface area contributed by atoms with Crippen LogP contribution in [0.4, 0.5) is 8.78 Å². The van der Waals surface area contributed by atoms with Crippen molar-refractivity contribution < 1.29 is 18.3 Å². The maximum Gasteiger partial charge on any atom is 0.129 e. The monoisotopic (exact) mass is 324 g/mol. The van der Waals surface area contributed by atoms with Gasteiger partial charge in [0.25, 0.3) is 0 Å². The van der Waals surface area contributed by atoms with Crippen LogP contribution in [0.1, 0.15) is 18.1 Å². The molecule has 0 bridgehead atoms. The smallest absolute Gasteiger partial charge is 0.129 e. The van der Waals surface area contributed by atoms with Crippen molar-refractivity contribution in [3.05, 3.63) is 35.4 Å². The van der Waals surface area contributed by atoms with Crippen LogP contribution in [0.2, 0.25) is 0 Å². The third-order valence-corrected chi connectivity index (χ3v) is 5.45. The zero-order chi connectivity index (χ0) is 16.0. The van der Waals surface area contributed by atoms with E-state index in [9.17, 15) is 8.78 Å². The summed E-state index contributed by atoms with van der Waals surface area (Å²) in [5.74, 6) is 0.305. The molecule has 0 spiro atoms. The minimum absolute atomic E-state index is 0.225. The minimum Gasteiger partial charge on any atom is -0.381 e. The zero-order valence-corrected chi connectivity index (χ0v) is 13.0. The molecule has 5 atom stereocenters. The molecule has 6 heteroatoms. The number of nitrogens with zero attached hydrogens (tertiary/aromatic N) is 1. The number of rotatable bonds is 2. The first kappa shape index (κ1) is 15.4. The van der Waals surface area contributed by atoms with Gasteiger partial charge in [-0.2, -0.15) is 0 Å². The molecule has 1 aromatic rings. The Morgan fingerprint density at radius 2 is 1.83 bits per heavy atom. The summed E-state index contributed by atoms with van der Waals surface area (Å²) >= 11 is 0. The molecule has 0 aliphatic carbocycles. The van der Waals surface area contributed by atoms with E-state index in [1.165, 1.54) is 6.07 Å². The van der Waals surface area contributed by atoms with Gasteiger partial charge in [0, 0.05) is 42.6 Å². The summed E-state index contributed by atoms with van der Waals surface area (Å²) in [6.07, 6.45) is 0.161. The molecule has 0 saturated carbocycles. The van der Waals surface area contributed by atoms with E-state index in [0.717, 1.165) is 44.9 Å². The fraction of sp³-hybridized carbons (Fsp3) is 0.647. The van der Waals surface area contributed by atoms with Gasteiger partial charge in [-0.1, -0.05) is 0 Å².